The number of amides is 2. The summed E-state index contributed by atoms with van der Waals surface area (Å²) in [6, 6.07) is 9.40. The average molecular weight is 360 g/mol. The van der Waals surface area contributed by atoms with Crippen LogP contribution in [0.2, 0.25) is 0 Å². The summed E-state index contributed by atoms with van der Waals surface area (Å²) in [5, 5.41) is 14.5. The van der Waals surface area contributed by atoms with E-state index in [1.54, 1.807) is 24.3 Å². The maximum absolute atomic E-state index is 12.2. The van der Waals surface area contributed by atoms with Gasteiger partial charge in [-0.05, 0) is 56.7 Å². The van der Waals surface area contributed by atoms with E-state index >= 15 is 0 Å². The Kier molecular flexibility index (Phi) is 5.58. The second-order valence-electron chi connectivity index (χ2n) is 6.19. The monoisotopic (exact) mass is 360 g/mol. The lowest BCUT2D eigenvalue weighted by molar-refractivity contribution is 0.0701. The van der Waals surface area contributed by atoms with Crippen LogP contribution in [0.4, 0.5) is 5.69 Å². The van der Waals surface area contributed by atoms with Gasteiger partial charge in [0.15, 0.2) is 0 Å². The van der Waals surface area contributed by atoms with E-state index in [0.717, 1.165) is 17.8 Å². The van der Waals surface area contributed by atoms with Gasteiger partial charge in [0.25, 0.3) is 11.8 Å². The van der Waals surface area contributed by atoms with Crippen LogP contribution in [0.25, 0.3) is 0 Å². The highest BCUT2D eigenvalue weighted by Gasteiger charge is 2.19. The van der Waals surface area contributed by atoms with Gasteiger partial charge in [0, 0.05) is 16.8 Å². The van der Waals surface area contributed by atoms with Crippen molar-refractivity contribution in [3.8, 4) is 0 Å². The molecule has 0 aliphatic rings. The molecule has 0 saturated heterocycles. The molecule has 0 radical (unpaired) electrons. The summed E-state index contributed by atoms with van der Waals surface area (Å²) in [6.45, 7) is 5.90. The van der Waals surface area contributed by atoms with E-state index in [9.17, 15) is 14.4 Å². The van der Waals surface area contributed by atoms with E-state index in [1.807, 2.05) is 20.8 Å². The first-order chi connectivity index (χ1) is 11.7. The zero-order valence-electron chi connectivity index (χ0n) is 14.3. The minimum atomic E-state index is -1.06. The zero-order valence-corrected chi connectivity index (χ0v) is 15.1. The summed E-state index contributed by atoms with van der Waals surface area (Å²) >= 11 is 0.910. The van der Waals surface area contributed by atoms with E-state index in [-0.39, 0.29) is 22.2 Å². The number of carbonyl (C=O) groups excluding carboxylic acids is 2. The molecule has 2 rings (SSSR count). The summed E-state index contributed by atoms with van der Waals surface area (Å²) in [5.41, 5.74) is 0.746. The van der Waals surface area contributed by atoms with Crippen molar-refractivity contribution in [2.24, 2.45) is 0 Å². The Morgan fingerprint density at radius 1 is 1.00 bits per heavy atom. The van der Waals surface area contributed by atoms with Crippen molar-refractivity contribution in [1.29, 1.82) is 0 Å². The van der Waals surface area contributed by atoms with Crippen LogP contribution < -0.4 is 10.6 Å². The molecular formula is C18H20N2O4S. The fraction of sp³-hybridized carbons (Fsp3) is 0.278. The molecule has 1 aromatic carbocycles. The van der Waals surface area contributed by atoms with Gasteiger partial charge in [-0.1, -0.05) is 6.92 Å². The van der Waals surface area contributed by atoms with Crippen LogP contribution in [-0.4, -0.2) is 28.4 Å². The first-order valence-electron chi connectivity index (χ1n) is 7.79. The minimum absolute atomic E-state index is 0.107. The van der Waals surface area contributed by atoms with Gasteiger partial charge in [0.05, 0.1) is 4.88 Å². The highest BCUT2D eigenvalue weighted by molar-refractivity contribution is 7.15. The number of anilines is 1. The van der Waals surface area contributed by atoms with Crippen LogP contribution in [0.3, 0.4) is 0 Å². The number of carbonyl (C=O) groups is 3. The molecule has 0 aliphatic heterocycles. The van der Waals surface area contributed by atoms with Crippen molar-refractivity contribution in [1.82, 2.24) is 5.32 Å². The van der Waals surface area contributed by atoms with Gasteiger partial charge in [-0.3, -0.25) is 9.59 Å². The molecule has 0 atom stereocenters. The number of carboxylic acids is 1. The number of hydrogen-bond donors (Lipinski definition) is 3. The summed E-state index contributed by atoms with van der Waals surface area (Å²) in [7, 11) is 0. The second kappa shape index (κ2) is 7.48. The number of hydrogen-bond acceptors (Lipinski definition) is 4. The molecule has 132 valence electrons. The third-order valence-corrected chi connectivity index (χ3v) is 4.85. The normalized spacial score (nSPS) is 11.0. The lowest BCUT2D eigenvalue weighted by Gasteiger charge is -2.24. The lowest BCUT2D eigenvalue weighted by Crippen LogP contribution is -2.42. The van der Waals surface area contributed by atoms with Gasteiger partial charge in [-0.15, -0.1) is 11.3 Å². The molecule has 0 unspecified atom stereocenters. The maximum atomic E-state index is 12.2. The summed E-state index contributed by atoms with van der Waals surface area (Å²) in [4.78, 5) is 35.6. The SMILES string of the molecule is CCC(C)(C)NC(=O)c1ccc(NC(=O)c2ccc(C(=O)O)s2)cc1. The summed E-state index contributed by atoms with van der Waals surface area (Å²) in [6.07, 6.45) is 0.812. The largest absolute Gasteiger partial charge is 0.477 e. The van der Waals surface area contributed by atoms with E-state index in [0.29, 0.717) is 16.1 Å². The lowest BCUT2D eigenvalue weighted by atomic mass is 10.0. The number of aromatic carboxylic acids is 1. The van der Waals surface area contributed by atoms with Crippen molar-refractivity contribution >= 4 is 34.8 Å². The van der Waals surface area contributed by atoms with Crippen LogP contribution in [-0.2, 0) is 0 Å². The molecule has 2 amide bonds. The zero-order chi connectivity index (χ0) is 18.6. The number of thiophene rings is 1. The fourth-order valence-electron chi connectivity index (χ4n) is 1.94. The van der Waals surface area contributed by atoms with Crippen molar-refractivity contribution < 1.29 is 19.5 Å². The van der Waals surface area contributed by atoms with Gasteiger partial charge in [-0.2, -0.15) is 0 Å². The first-order valence-corrected chi connectivity index (χ1v) is 8.60. The number of benzene rings is 1. The summed E-state index contributed by atoms with van der Waals surface area (Å²) < 4.78 is 0. The fourth-order valence-corrected chi connectivity index (χ4v) is 2.68. The predicted octanol–water partition coefficient (Wildman–Crippen LogP) is 3.62. The van der Waals surface area contributed by atoms with Crippen molar-refractivity contribution in [3.63, 3.8) is 0 Å². The smallest absolute Gasteiger partial charge is 0.345 e. The minimum Gasteiger partial charge on any atom is -0.477 e. The van der Waals surface area contributed by atoms with Crippen molar-refractivity contribution in [2.75, 3.05) is 5.32 Å². The average Bonchev–Trinajstić information content (AvgIpc) is 3.05. The highest BCUT2D eigenvalue weighted by atomic mass is 32.1. The summed E-state index contributed by atoms with van der Waals surface area (Å²) in [5.74, 6) is -1.62. The molecule has 7 heteroatoms. The highest BCUT2D eigenvalue weighted by Crippen LogP contribution is 2.19. The van der Waals surface area contributed by atoms with E-state index in [4.69, 9.17) is 5.11 Å². The second-order valence-corrected chi connectivity index (χ2v) is 7.28. The Bertz CT molecular complexity index is 794. The molecule has 25 heavy (non-hydrogen) atoms. The third-order valence-electron chi connectivity index (χ3n) is 3.78. The van der Waals surface area contributed by atoms with Crippen LogP contribution in [0.15, 0.2) is 36.4 Å². The Balaban J connectivity index is 2.03. The van der Waals surface area contributed by atoms with Crippen LogP contribution >= 0.6 is 11.3 Å². The molecule has 0 saturated carbocycles. The van der Waals surface area contributed by atoms with Crippen LogP contribution in [0.1, 0.15) is 56.9 Å². The number of rotatable bonds is 6. The molecule has 0 fully saturated rings. The van der Waals surface area contributed by atoms with E-state index < -0.39 is 5.97 Å². The Morgan fingerprint density at radius 3 is 2.12 bits per heavy atom. The topological polar surface area (TPSA) is 95.5 Å². The van der Waals surface area contributed by atoms with Gasteiger partial charge in [-0.25, -0.2) is 4.79 Å². The van der Waals surface area contributed by atoms with Crippen LogP contribution in [0, 0.1) is 0 Å². The van der Waals surface area contributed by atoms with Gasteiger partial charge in [0.1, 0.15) is 4.88 Å². The third kappa shape index (κ3) is 4.90. The molecule has 1 heterocycles. The van der Waals surface area contributed by atoms with Gasteiger partial charge < -0.3 is 15.7 Å². The number of nitrogens with one attached hydrogen (secondary N) is 2. The Labute approximate surface area is 149 Å². The molecule has 3 N–H and O–H groups in total. The van der Waals surface area contributed by atoms with Crippen molar-refractivity contribution in [2.45, 2.75) is 32.7 Å². The molecule has 0 bridgehead atoms. The molecule has 6 nitrogen and oxygen atoms in total. The van der Waals surface area contributed by atoms with Crippen LogP contribution in [0.5, 0.6) is 0 Å². The standard InChI is InChI=1S/C18H20N2O4S/c1-4-18(2,3)20-15(21)11-5-7-12(8-6-11)19-16(22)13-9-10-14(25-13)17(23)24/h5-10H,4H2,1-3H3,(H,19,22)(H,20,21)(H,23,24). The quantitative estimate of drug-likeness (QED) is 0.733. The molecule has 1 aromatic heterocycles. The Morgan fingerprint density at radius 2 is 1.60 bits per heavy atom. The molecule has 0 spiro atoms. The van der Waals surface area contributed by atoms with Gasteiger partial charge in [0.2, 0.25) is 0 Å². The molecule has 0 aliphatic carbocycles. The van der Waals surface area contributed by atoms with Crippen molar-refractivity contribution in [3.05, 3.63) is 51.7 Å². The molecule has 2 aromatic rings. The number of carboxylic acid groups (broad SMARTS) is 1. The predicted molar refractivity (Wildman–Crippen MR) is 97.5 cm³/mol. The van der Waals surface area contributed by atoms with E-state index in [1.165, 1.54) is 12.1 Å². The van der Waals surface area contributed by atoms with E-state index in [2.05, 4.69) is 10.6 Å². The first kappa shape index (κ1) is 18.7. The Hall–Kier alpha value is -2.67. The maximum Gasteiger partial charge on any atom is 0.345 e. The van der Waals surface area contributed by atoms with Gasteiger partial charge >= 0.3 is 5.97 Å². The molecular weight excluding hydrogens is 340 g/mol.